The lowest BCUT2D eigenvalue weighted by Gasteiger charge is -2.61. The first-order chi connectivity index (χ1) is 17.6. The normalized spacial score (nSPS) is 51.7. The molecule has 1 aliphatic heterocycles. The molecule has 0 spiro atoms. The molecule has 0 aromatic rings. The maximum absolute atomic E-state index is 12.4. The minimum Gasteiger partial charge on any atom is -0.394 e. The molecule has 212 valence electrons. The minimum absolute atomic E-state index is 0.190. The van der Waals surface area contributed by atoms with Gasteiger partial charge in [0.2, 0.25) is 0 Å². The maximum atomic E-state index is 12.4. The van der Waals surface area contributed by atoms with Crippen molar-refractivity contribution in [2.45, 2.75) is 115 Å². The summed E-state index contributed by atoms with van der Waals surface area (Å²) in [6.45, 7) is 6.85. The van der Waals surface area contributed by atoms with E-state index < -0.39 is 37.3 Å². The van der Waals surface area contributed by atoms with Crippen LogP contribution >= 0.6 is 0 Å². The molecule has 0 aromatic carbocycles. The number of rotatable bonds is 7. The van der Waals surface area contributed by atoms with Crippen LogP contribution in [0.3, 0.4) is 0 Å². The Kier molecular flexibility index (Phi) is 8.12. The summed E-state index contributed by atoms with van der Waals surface area (Å²) in [5.41, 5.74) is 0.558. The van der Waals surface area contributed by atoms with Gasteiger partial charge in [-0.15, -0.1) is 0 Å². The van der Waals surface area contributed by atoms with Crippen molar-refractivity contribution in [2.24, 2.45) is 40.4 Å². The van der Waals surface area contributed by atoms with Gasteiger partial charge in [0.15, 0.2) is 6.29 Å². The fourth-order valence-corrected chi connectivity index (χ4v) is 9.62. The Labute approximate surface area is 221 Å². The van der Waals surface area contributed by atoms with Crippen molar-refractivity contribution in [3.8, 4) is 0 Å². The average Bonchev–Trinajstić information content (AvgIpc) is 3.24. The molecule has 5 aliphatic rings. The molecule has 0 amide bonds. The van der Waals surface area contributed by atoms with Gasteiger partial charge in [-0.1, -0.05) is 13.8 Å². The Balaban J connectivity index is 1.12. The van der Waals surface area contributed by atoms with E-state index in [2.05, 4.69) is 13.8 Å². The van der Waals surface area contributed by atoms with Crippen molar-refractivity contribution in [3.63, 3.8) is 0 Å². The Hall–Kier alpha value is -0.610. The lowest BCUT2D eigenvalue weighted by molar-refractivity contribution is -0.303. The SMILES string of the molecule is CC(=O)[C@H]1CC[C@H]2[C@@H]3CC[C@H]4C[C@@H](OCCO[C@@H]5O[C@H](CO)[C@@H](O)[C@H](O)[C@H]5O)CC[C@]4(C)[C@H]3CC[C@]12C. The number of carbonyl (C=O) groups is 1. The molecular weight excluding hydrogens is 476 g/mol. The second kappa shape index (κ2) is 10.8. The van der Waals surface area contributed by atoms with Crippen LogP contribution in [-0.2, 0) is 19.0 Å². The highest BCUT2D eigenvalue weighted by molar-refractivity contribution is 5.79. The Morgan fingerprint density at radius 1 is 0.865 bits per heavy atom. The van der Waals surface area contributed by atoms with Gasteiger partial charge in [0, 0.05) is 5.92 Å². The number of Topliss-reactive ketones (excluding diaryl/α,β-unsaturated/α-hetero) is 1. The van der Waals surface area contributed by atoms with Crippen LogP contribution < -0.4 is 0 Å². The van der Waals surface area contributed by atoms with Crippen molar-refractivity contribution in [2.75, 3.05) is 19.8 Å². The first kappa shape index (κ1) is 27.9. The van der Waals surface area contributed by atoms with Gasteiger partial charge in [-0.2, -0.15) is 0 Å². The van der Waals surface area contributed by atoms with E-state index in [1.54, 1.807) is 6.92 Å². The molecule has 4 N–H and O–H groups in total. The lowest BCUT2D eigenvalue weighted by Crippen LogP contribution is -2.59. The average molecular weight is 525 g/mol. The van der Waals surface area contributed by atoms with E-state index >= 15 is 0 Å². The van der Waals surface area contributed by atoms with Crippen LogP contribution in [0.25, 0.3) is 0 Å². The number of aliphatic hydroxyl groups is 4. The van der Waals surface area contributed by atoms with Crippen LogP contribution in [-0.4, -0.2) is 82.8 Å². The van der Waals surface area contributed by atoms with E-state index in [1.807, 2.05) is 0 Å². The summed E-state index contributed by atoms with van der Waals surface area (Å²) in [4.78, 5) is 12.4. The quantitative estimate of drug-likeness (QED) is 0.374. The highest BCUT2D eigenvalue weighted by Crippen LogP contribution is 2.67. The van der Waals surface area contributed by atoms with Gasteiger partial charge in [-0.25, -0.2) is 0 Å². The van der Waals surface area contributed by atoms with Crippen LogP contribution in [0.4, 0.5) is 0 Å². The second-order valence-corrected chi connectivity index (χ2v) is 13.3. The lowest BCUT2D eigenvalue weighted by atomic mass is 9.44. The van der Waals surface area contributed by atoms with E-state index in [0.717, 1.165) is 31.1 Å². The zero-order valence-corrected chi connectivity index (χ0v) is 22.8. The molecule has 4 aliphatic carbocycles. The molecule has 0 radical (unpaired) electrons. The summed E-state index contributed by atoms with van der Waals surface area (Å²) >= 11 is 0. The monoisotopic (exact) mass is 524 g/mol. The largest absolute Gasteiger partial charge is 0.394 e. The summed E-state index contributed by atoms with van der Waals surface area (Å²) in [5, 5.41) is 39.3. The molecule has 4 saturated carbocycles. The fraction of sp³-hybridized carbons (Fsp3) is 0.966. The summed E-state index contributed by atoms with van der Waals surface area (Å²) in [6, 6.07) is 0. The molecular formula is C29H48O8. The number of hydrogen-bond donors (Lipinski definition) is 4. The standard InChI is InChI=1S/C29H48O8/c1-16(31)20-6-7-21-19-5-4-17-14-18(8-10-28(17,2)22(19)9-11-29(20,21)3)35-12-13-36-27-26(34)25(33)24(32)23(15-30)37-27/h17-27,30,32-34H,4-15H2,1-3H3/t17-,18-,19-,20+,21-,22-,23+,24+,25-,26+,27+,28-,29+/m0/s1. The zero-order valence-electron chi connectivity index (χ0n) is 22.8. The third kappa shape index (κ3) is 4.83. The van der Waals surface area contributed by atoms with Crippen molar-refractivity contribution < 1.29 is 39.4 Å². The zero-order chi connectivity index (χ0) is 26.5. The number of fused-ring (bicyclic) bond motifs is 5. The van der Waals surface area contributed by atoms with Crippen LogP contribution in [0.15, 0.2) is 0 Å². The van der Waals surface area contributed by atoms with E-state index in [-0.39, 0.29) is 24.0 Å². The first-order valence-electron chi connectivity index (χ1n) is 14.6. The van der Waals surface area contributed by atoms with Crippen LogP contribution in [0.5, 0.6) is 0 Å². The first-order valence-corrected chi connectivity index (χ1v) is 14.6. The predicted molar refractivity (Wildman–Crippen MR) is 135 cm³/mol. The predicted octanol–water partition coefficient (Wildman–Crippen LogP) is 2.44. The molecule has 5 rings (SSSR count). The Morgan fingerprint density at radius 2 is 1.57 bits per heavy atom. The third-order valence-electron chi connectivity index (χ3n) is 11.7. The van der Waals surface area contributed by atoms with Crippen molar-refractivity contribution in [3.05, 3.63) is 0 Å². The van der Waals surface area contributed by atoms with E-state index in [1.165, 1.54) is 38.5 Å². The molecule has 8 heteroatoms. The van der Waals surface area contributed by atoms with Gasteiger partial charge in [0.05, 0.1) is 25.9 Å². The number of carbonyl (C=O) groups excluding carboxylic acids is 1. The van der Waals surface area contributed by atoms with Crippen molar-refractivity contribution in [1.29, 1.82) is 0 Å². The van der Waals surface area contributed by atoms with Gasteiger partial charge in [-0.05, 0) is 99.2 Å². The molecule has 1 heterocycles. The fourth-order valence-electron chi connectivity index (χ4n) is 9.62. The van der Waals surface area contributed by atoms with Crippen molar-refractivity contribution in [1.82, 2.24) is 0 Å². The number of hydrogen-bond acceptors (Lipinski definition) is 8. The maximum Gasteiger partial charge on any atom is 0.186 e. The summed E-state index contributed by atoms with van der Waals surface area (Å²) in [6.07, 6.45) is 4.48. The number of ketones is 1. The van der Waals surface area contributed by atoms with Gasteiger partial charge >= 0.3 is 0 Å². The van der Waals surface area contributed by atoms with Crippen LogP contribution in [0.1, 0.15) is 78.6 Å². The topological polar surface area (TPSA) is 126 Å². The Bertz CT molecular complexity index is 820. The van der Waals surface area contributed by atoms with Crippen LogP contribution in [0, 0.1) is 40.4 Å². The van der Waals surface area contributed by atoms with E-state index in [4.69, 9.17) is 14.2 Å². The third-order valence-corrected chi connectivity index (χ3v) is 11.7. The molecule has 13 atom stereocenters. The molecule has 0 bridgehead atoms. The smallest absolute Gasteiger partial charge is 0.186 e. The highest BCUT2D eigenvalue weighted by Gasteiger charge is 2.60. The second-order valence-electron chi connectivity index (χ2n) is 13.3. The highest BCUT2D eigenvalue weighted by atomic mass is 16.7. The minimum atomic E-state index is -1.43. The molecule has 0 aromatic heterocycles. The molecule has 0 unspecified atom stereocenters. The Morgan fingerprint density at radius 3 is 2.30 bits per heavy atom. The van der Waals surface area contributed by atoms with Gasteiger partial charge in [0.25, 0.3) is 0 Å². The number of ether oxygens (including phenoxy) is 3. The van der Waals surface area contributed by atoms with Gasteiger partial charge in [-0.3, -0.25) is 4.79 Å². The van der Waals surface area contributed by atoms with Crippen LogP contribution in [0.2, 0.25) is 0 Å². The number of aliphatic hydroxyl groups excluding tert-OH is 4. The molecule has 37 heavy (non-hydrogen) atoms. The summed E-state index contributed by atoms with van der Waals surface area (Å²) in [7, 11) is 0. The van der Waals surface area contributed by atoms with E-state index in [0.29, 0.717) is 29.6 Å². The van der Waals surface area contributed by atoms with Gasteiger partial charge in [0.1, 0.15) is 30.2 Å². The molecule has 8 nitrogen and oxygen atoms in total. The summed E-state index contributed by atoms with van der Waals surface area (Å²) in [5.74, 6) is 3.54. The molecule has 1 saturated heterocycles. The van der Waals surface area contributed by atoms with Crippen molar-refractivity contribution >= 4 is 5.78 Å². The van der Waals surface area contributed by atoms with Gasteiger partial charge < -0.3 is 34.6 Å². The summed E-state index contributed by atoms with van der Waals surface area (Å²) < 4.78 is 17.2. The molecule has 5 fully saturated rings. The van der Waals surface area contributed by atoms with E-state index in [9.17, 15) is 25.2 Å².